The first kappa shape index (κ1) is 17.5. The molecule has 1 heterocycles. The number of carboxylic acid groups (broad SMARTS) is 1. The van der Waals surface area contributed by atoms with E-state index in [1.807, 2.05) is 25.1 Å². The maximum absolute atomic E-state index is 12.1. The maximum Gasteiger partial charge on any atom is 0.315 e. The number of amides is 1. The van der Waals surface area contributed by atoms with Crippen LogP contribution in [-0.2, 0) is 19.7 Å². The van der Waals surface area contributed by atoms with Gasteiger partial charge in [-0.3, -0.25) is 9.59 Å². The molecule has 2 unspecified atom stereocenters. The van der Waals surface area contributed by atoms with Gasteiger partial charge in [-0.2, -0.15) is 0 Å². The van der Waals surface area contributed by atoms with E-state index >= 15 is 0 Å². The van der Waals surface area contributed by atoms with Crippen molar-refractivity contribution in [2.24, 2.45) is 0 Å². The van der Waals surface area contributed by atoms with Crippen molar-refractivity contribution < 1.29 is 19.4 Å². The smallest absolute Gasteiger partial charge is 0.315 e. The Hall–Kier alpha value is -1.88. The molecule has 1 aromatic carbocycles. The number of carboxylic acids is 1. The molecule has 126 valence electrons. The fourth-order valence-corrected chi connectivity index (χ4v) is 3.04. The summed E-state index contributed by atoms with van der Waals surface area (Å²) >= 11 is 0. The molecule has 2 atom stereocenters. The molecule has 1 amide bonds. The number of hydrogen-bond acceptors (Lipinski definition) is 3. The van der Waals surface area contributed by atoms with Crippen LogP contribution in [-0.4, -0.2) is 36.2 Å². The average Bonchev–Trinajstić information content (AvgIpc) is 3.08. The maximum atomic E-state index is 12.1. The molecule has 5 nitrogen and oxygen atoms in total. The van der Waals surface area contributed by atoms with E-state index < -0.39 is 11.4 Å². The topological polar surface area (TPSA) is 75.6 Å². The number of benzene rings is 1. The monoisotopic (exact) mass is 319 g/mol. The first-order valence-electron chi connectivity index (χ1n) is 8.25. The van der Waals surface area contributed by atoms with E-state index in [1.54, 1.807) is 12.1 Å². The Balaban J connectivity index is 1.95. The molecule has 0 radical (unpaired) electrons. The third-order valence-corrected chi connectivity index (χ3v) is 4.64. The highest BCUT2D eigenvalue weighted by atomic mass is 16.5. The van der Waals surface area contributed by atoms with Crippen LogP contribution in [0, 0.1) is 0 Å². The van der Waals surface area contributed by atoms with Gasteiger partial charge in [0.1, 0.15) is 5.41 Å². The Morgan fingerprint density at radius 3 is 2.65 bits per heavy atom. The molecule has 5 heteroatoms. The Kier molecular flexibility index (Phi) is 6.16. The van der Waals surface area contributed by atoms with Gasteiger partial charge < -0.3 is 15.2 Å². The van der Waals surface area contributed by atoms with E-state index in [0.717, 1.165) is 25.0 Å². The molecule has 0 aromatic heterocycles. The van der Waals surface area contributed by atoms with Crippen molar-refractivity contribution in [1.29, 1.82) is 0 Å². The fourth-order valence-electron chi connectivity index (χ4n) is 3.04. The Morgan fingerprint density at radius 1 is 1.35 bits per heavy atom. The summed E-state index contributed by atoms with van der Waals surface area (Å²) in [6, 6.07) is 9.10. The molecule has 1 fully saturated rings. The number of hydrogen-bond donors (Lipinski definition) is 2. The molecule has 1 aromatic rings. The standard InChI is InChI=1S/C18H25NO4/c1-2-18(17(21)22,14-7-4-3-5-8-14)13-19-16(20)11-10-15-9-6-12-23-15/h3-5,7-8,15H,2,6,9-13H2,1H3,(H,19,20)(H,21,22). The quantitative estimate of drug-likeness (QED) is 0.772. The molecule has 2 rings (SSSR count). The molecular formula is C18H25NO4. The molecule has 0 aliphatic carbocycles. The van der Waals surface area contributed by atoms with Crippen molar-refractivity contribution in [3.05, 3.63) is 35.9 Å². The minimum atomic E-state index is -1.08. The van der Waals surface area contributed by atoms with Crippen molar-refractivity contribution in [1.82, 2.24) is 5.32 Å². The normalized spacial score (nSPS) is 20.0. The predicted octanol–water partition coefficient (Wildman–Crippen LogP) is 2.49. The third-order valence-electron chi connectivity index (χ3n) is 4.64. The molecule has 2 N–H and O–H groups in total. The van der Waals surface area contributed by atoms with Crippen LogP contribution >= 0.6 is 0 Å². The highest BCUT2D eigenvalue weighted by molar-refractivity contribution is 5.83. The number of carbonyl (C=O) groups excluding carboxylic acids is 1. The summed E-state index contributed by atoms with van der Waals surface area (Å²) in [5.74, 6) is -1.03. The van der Waals surface area contributed by atoms with Gasteiger partial charge in [0.05, 0.1) is 6.10 Å². The SMILES string of the molecule is CCC(CNC(=O)CCC1CCCO1)(C(=O)O)c1ccccc1. The minimum Gasteiger partial charge on any atom is -0.481 e. The number of carbonyl (C=O) groups is 2. The largest absolute Gasteiger partial charge is 0.481 e. The van der Waals surface area contributed by atoms with Crippen LogP contribution in [0.15, 0.2) is 30.3 Å². The molecule has 1 aliphatic rings. The van der Waals surface area contributed by atoms with Gasteiger partial charge in [0.25, 0.3) is 0 Å². The molecular weight excluding hydrogens is 294 g/mol. The molecule has 23 heavy (non-hydrogen) atoms. The lowest BCUT2D eigenvalue weighted by Crippen LogP contribution is -2.46. The zero-order valence-corrected chi connectivity index (χ0v) is 13.6. The van der Waals surface area contributed by atoms with Crippen molar-refractivity contribution in [2.75, 3.05) is 13.2 Å². The zero-order valence-electron chi connectivity index (χ0n) is 13.6. The molecule has 1 saturated heterocycles. The first-order chi connectivity index (χ1) is 11.1. The van der Waals surface area contributed by atoms with Crippen molar-refractivity contribution in [2.45, 2.75) is 50.5 Å². The van der Waals surface area contributed by atoms with Crippen molar-refractivity contribution in [3.8, 4) is 0 Å². The Morgan fingerprint density at radius 2 is 2.09 bits per heavy atom. The van der Waals surface area contributed by atoms with Gasteiger partial charge in [-0.25, -0.2) is 0 Å². The van der Waals surface area contributed by atoms with Gasteiger partial charge in [0.2, 0.25) is 5.91 Å². The second kappa shape index (κ2) is 8.11. The highest BCUT2D eigenvalue weighted by Crippen LogP contribution is 2.28. The summed E-state index contributed by atoms with van der Waals surface area (Å²) in [4.78, 5) is 23.9. The Labute approximate surface area is 137 Å². The first-order valence-corrected chi connectivity index (χ1v) is 8.25. The van der Waals surface area contributed by atoms with Crippen LogP contribution in [0.25, 0.3) is 0 Å². The predicted molar refractivity (Wildman–Crippen MR) is 87.3 cm³/mol. The average molecular weight is 319 g/mol. The summed E-state index contributed by atoms with van der Waals surface area (Å²) in [7, 11) is 0. The van der Waals surface area contributed by atoms with E-state index in [9.17, 15) is 14.7 Å². The summed E-state index contributed by atoms with van der Waals surface area (Å²) in [5.41, 5.74) is -0.365. The van der Waals surface area contributed by atoms with Crippen LogP contribution in [0.3, 0.4) is 0 Å². The lowest BCUT2D eigenvalue weighted by atomic mass is 9.78. The molecule has 0 bridgehead atoms. The summed E-state index contributed by atoms with van der Waals surface area (Å²) in [6.07, 6.45) is 3.72. The van der Waals surface area contributed by atoms with E-state index in [1.165, 1.54) is 0 Å². The van der Waals surface area contributed by atoms with Crippen LogP contribution < -0.4 is 5.32 Å². The van der Waals surface area contributed by atoms with Crippen LogP contribution in [0.5, 0.6) is 0 Å². The number of ether oxygens (including phenoxy) is 1. The van der Waals surface area contributed by atoms with Gasteiger partial charge in [0, 0.05) is 19.6 Å². The van der Waals surface area contributed by atoms with Crippen molar-refractivity contribution >= 4 is 11.9 Å². The van der Waals surface area contributed by atoms with Crippen LogP contribution in [0.1, 0.15) is 44.6 Å². The number of rotatable bonds is 8. The lowest BCUT2D eigenvalue weighted by molar-refractivity contribution is -0.144. The second-order valence-corrected chi connectivity index (χ2v) is 6.06. The van der Waals surface area contributed by atoms with E-state index in [4.69, 9.17) is 4.74 Å². The summed E-state index contributed by atoms with van der Waals surface area (Å²) in [6.45, 7) is 2.71. The highest BCUT2D eigenvalue weighted by Gasteiger charge is 2.38. The number of aliphatic carboxylic acids is 1. The van der Waals surface area contributed by atoms with Crippen molar-refractivity contribution in [3.63, 3.8) is 0 Å². The lowest BCUT2D eigenvalue weighted by Gasteiger charge is -2.29. The molecule has 0 spiro atoms. The summed E-state index contributed by atoms with van der Waals surface area (Å²) in [5, 5.41) is 12.5. The fraction of sp³-hybridized carbons (Fsp3) is 0.556. The minimum absolute atomic E-state index is 0.104. The van der Waals surface area contributed by atoms with Gasteiger partial charge in [0.15, 0.2) is 0 Å². The second-order valence-electron chi connectivity index (χ2n) is 6.06. The van der Waals surface area contributed by atoms with Gasteiger partial charge in [-0.1, -0.05) is 37.3 Å². The molecule has 0 saturated carbocycles. The zero-order chi connectivity index (χ0) is 16.7. The van der Waals surface area contributed by atoms with Gasteiger partial charge in [-0.15, -0.1) is 0 Å². The van der Waals surface area contributed by atoms with Gasteiger partial charge in [-0.05, 0) is 31.2 Å². The summed E-state index contributed by atoms with van der Waals surface area (Å²) < 4.78 is 5.50. The number of nitrogens with one attached hydrogen (secondary N) is 1. The van der Waals surface area contributed by atoms with E-state index in [0.29, 0.717) is 19.3 Å². The van der Waals surface area contributed by atoms with Gasteiger partial charge >= 0.3 is 5.97 Å². The Bertz CT molecular complexity index is 525. The van der Waals surface area contributed by atoms with E-state index in [-0.39, 0.29) is 18.6 Å². The van der Waals surface area contributed by atoms with Crippen LogP contribution in [0.4, 0.5) is 0 Å². The van der Waals surface area contributed by atoms with E-state index in [2.05, 4.69) is 5.32 Å². The molecule has 1 aliphatic heterocycles. The third kappa shape index (κ3) is 4.32. The van der Waals surface area contributed by atoms with Crippen LogP contribution in [0.2, 0.25) is 0 Å².